The summed E-state index contributed by atoms with van der Waals surface area (Å²) in [5.74, 6) is 0.171. The normalized spacial score (nSPS) is 16.6. The summed E-state index contributed by atoms with van der Waals surface area (Å²) in [5, 5.41) is 0. The van der Waals surface area contributed by atoms with Gasteiger partial charge in [-0.3, -0.25) is 9.59 Å². The van der Waals surface area contributed by atoms with Gasteiger partial charge in [-0.2, -0.15) is 0 Å². The SMILES string of the molecule is CN(C)[C@H]1CCN(C(=O)c2ccc(-c3ccc(OCC(N)=O)cc3)cc2)C1. The van der Waals surface area contributed by atoms with Gasteiger partial charge < -0.3 is 20.3 Å². The van der Waals surface area contributed by atoms with Crippen LogP contribution in [-0.2, 0) is 4.79 Å². The van der Waals surface area contributed by atoms with Crippen LogP contribution < -0.4 is 10.5 Å². The van der Waals surface area contributed by atoms with E-state index < -0.39 is 5.91 Å². The molecule has 0 spiro atoms. The first-order valence-electron chi connectivity index (χ1n) is 9.01. The molecule has 2 aromatic rings. The van der Waals surface area contributed by atoms with E-state index in [1.54, 1.807) is 12.1 Å². The van der Waals surface area contributed by atoms with Crippen LogP contribution in [0.2, 0.25) is 0 Å². The van der Waals surface area contributed by atoms with Crippen molar-refractivity contribution in [3.63, 3.8) is 0 Å². The highest BCUT2D eigenvalue weighted by Crippen LogP contribution is 2.24. The average Bonchev–Trinajstić information content (AvgIpc) is 3.17. The Balaban J connectivity index is 1.65. The minimum absolute atomic E-state index is 0.0844. The first kappa shape index (κ1) is 18.9. The van der Waals surface area contributed by atoms with Gasteiger partial charge >= 0.3 is 0 Å². The zero-order chi connectivity index (χ0) is 19.4. The standard InChI is InChI=1S/C21H25N3O3/c1-23(2)18-11-12-24(13-18)21(26)17-5-3-15(4-6-17)16-7-9-19(10-8-16)27-14-20(22)25/h3-10,18H,11-14H2,1-2H3,(H2,22,25)/t18-/m0/s1. The van der Waals surface area contributed by atoms with Crippen LogP contribution >= 0.6 is 0 Å². The number of ether oxygens (including phenoxy) is 1. The Morgan fingerprint density at radius 3 is 2.19 bits per heavy atom. The molecule has 1 saturated heterocycles. The van der Waals surface area contributed by atoms with E-state index in [1.807, 2.05) is 41.3 Å². The lowest BCUT2D eigenvalue weighted by molar-refractivity contribution is -0.119. The van der Waals surface area contributed by atoms with Crippen molar-refractivity contribution in [2.45, 2.75) is 12.5 Å². The summed E-state index contributed by atoms with van der Waals surface area (Å²) >= 11 is 0. The summed E-state index contributed by atoms with van der Waals surface area (Å²) in [6.07, 6.45) is 1.01. The fourth-order valence-electron chi connectivity index (χ4n) is 3.23. The molecule has 0 saturated carbocycles. The van der Waals surface area contributed by atoms with E-state index in [0.29, 0.717) is 17.4 Å². The number of nitrogens with zero attached hydrogens (tertiary/aromatic N) is 2. The number of hydrogen-bond donors (Lipinski definition) is 1. The molecule has 0 aromatic heterocycles. The maximum atomic E-state index is 12.7. The number of benzene rings is 2. The molecule has 0 bridgehead atoms. The maximum absolute atomic E-state index is 12.7. The first-order valence-corrected chi connectivity index (χ1v) is 9.01. The second-order valence-corrected chi connectivity index (χ2v) is 7.01. The molecule has 2 N–H and O–H groups in total. The second-order valence-electron chi connectivity index (χ2n) is 7.01. The summed E-state index contributed by atoms with van der Waals surface area (Å²) in [6.45, 7) is 1.44. The van der Waals surface area contributed by atoms with Crippen LogP contribution in [0.4, 0.5) is 0 Å². The molecule has 6 heteroatoms. The van der Waals surface area contributed by atoms with Crippen LogP contribution in [-0.4, -0.2) is 61.4 Å². The summed E-state index contributed by atoms with van der Waals surface area (Å²) < 4.78 is 5.26. The number of hydrogen-bond acceptors (Lipinski definition) is 4. The molecule has 0 radical (unpaired) electrons. The second kappa shape index (κ2) is 8.22. The Bertz CT molecular complexity index is 800. The van der Waals surface area contributed by atoms with Gasteiger partial charge in [0.05, 0.1) is 0 Å². The van der Waals surface area contributed by atoms with Crippen LogP contribution in [0, 0.1) is 0 Å². The quantitative estimate of drug-likeness (QED) is 0.847. The molecule has 0 unspecified atom stereocenters. The minimum Gasteiger partial charge on any atom is -0.484 e. The topological polar surface area (TPSA) is 75.9 Å². The average molecular weight is 367 g/mol. The van der Waals surface area contributed by atoms with E-state index >= 15 is 0 Å². The van der Waals surface area contributed by atoms with Gasteiger partial charge in [0.1, 0.15) is 5.75 Å². The Labute approximate surface area is 159 Å². The molecule has 6 nitrogen and oxygen atoms in total. The molecule has 27 heavy (non-hydrogen) atoms. The molecule has 3 rings (SSSR count). The third-order valence-corrected chi connectivity index (χ3v) is 4.88. The largest absolute Gasteiger partial charge is 0.484 e. The third kappa shape index (κ3) is 4.65. The lowest BCUT2D eigenvalue weighted by Gasteiger charge is -2.20. The summed E-state index contributed by atoms with van der Waals surface area (Å²) in [6, 6.07) is 15.5. The number of carbonyl (C=O) groups is 2. The number of likely N-dealkylation sites (N-methyl/N-ethyl adjacent to an activating group) is 1. The number of carbonyl (C=O) groups excluding carboxylic acids is 2. The van der Waals surface area contributed by atoms with Gasteiger partial charge in [-0.25, -0.2) is 0 Å². The summed E-state index contributed by atoms with van der Waals surface area (Å²) in [4.78, 5) is 27.5. The van der Waals surface area contributed by atoms with Crippen LogP contribution in [0.3, 0.4) is 0 Å². The molecule has 1 aliphatic heterocycles. The molecule has 2 aromatic carbocycles. The summed E-state index contributed by atoms with van der Waals surface area (Å²) in [5.41, 5.74) is 7.80. The Hall–Kier alpha value is -2.86. The lowest BCUT2D eigenvalue weighted by Crippen LogP contribution is -2.34. The van der Waals surface area contributed by atoms with E-state index in [0.717, 1.165) is 30.6 Å². The van der Waals surface area contributed by atoms with Gasteiger partial charge in [-0.1, -0.05) is 24.3 Å². The van der Waals surface area contributed by atoms with Crippen LogP contribution in [0.5, 0.6) is 5.75 Å². The maximum Gasteiger partial charge on any atom is 0.255 e. The van der Waals surface area contributed by atoms with Crippen LogP contribution in [0.1, 0.15) is 16.8 Å². The predicted octanol–water partition coefficient (Wildman–Crippen LogP) is 1.99. The number of primary amides is 1. The van der Waals surface area contributed by atoms with Gasteiger partial charge in [0.2, 0.25) is 0 Å². The molecule has 1 atom stereocenters. The van der Waals surface area contributed by atoms with E-state index in [-0.39, 0.29) is 12.5 Å². The highest BCUT2D eigenvalue weighted by Gasteiger charge is 2.27. The van der Waals surface area contributed by atoms with Crippen molar-refractivity contribution >= 4 is 11.8 Å². The first-order chi connectivity index (χ1) is 12.9. The minimum atomic E-state index is -0.505. The van der Waals surface area contributed by atoms with Crippen molar-refractivity contribution in [1.82, 2.24) is 9.80 Å². The highest BCUT2D eigenvalue weighted by molar-refractivity contribution is 5.95. The smallest absolute Gasteiger partial charge is 0.255 e. The summed E-state index contributed by atoms with van der Waals surface area (Å²) in [7, 11) is 4.11. The van der Waals surface area contributed by atoms with Gasteiger partial charge in [0.15, 0.2) is 6.61 Å². The fourth-order valence-corrected chi connectivity index (χ4v) is 3.23. The van der Waals surface area contributed by atoms with Crippen molar-refractivity contribution in [2.75, 3.05) is 33.8 Å². The molecule has 1 aliphatic rings. The van der Waals surface area contributed by atoms with Gasteiger partial charge in [-0.15, -0.1) is 0 Å². The van der Waals surface area contributed by atoms with E-state index in [1.165, 1.54) is 0 Å². The zero-order valence-corrected chi connectivity index (χ0v) is 15.7. The van der Waals surface area contributed by atoms with Crippen molar-refractivity contribution < 1.29 is 14.3 Å². The Kier molecular flexibility index (Phi) is 5.76. The van der Waals surface area contributed by atoms with Gasteiger partial charge in [-0.05, 0) is 55.9 Å². The molecule has 0 aliphatic carbocycles. The van der Waals surface area contributed by atoms with Gasteiger partial charge in [0.25, 0.3) is 11.8 Å². The number of amides is 2. The molecule has 2 amide bonds. The van der Waals surface area contributed by atoms with Crippen LogP contribution in [0.25, 0.3) is 11.1 Å². The fraction of sp³-hybridized carbons (Fsp3) is 0.333. The molecule has 1 heterocycles. The Morgan fingerprint density at radius 2 is 1.67 bits per heavy atom. The van der Waals surface area contributed by atoms with E-state index in [4.69, 9.17) is 10.5 Å². The number of likely N-dealkylation sites (tertiary alicyclic amines) is 1. The zero-order valence-electron chi connectivity index (χ0n) is 15.7. The lowest BCUT2D eigenvalue weighted by atomic mass is 10.0. The van der Waals surface area contributed by atoms with Crippen molar-refractivity contribution in [3.05, 3.63) is 54.1 Å². The third-order valence-electron chi connectivity index (χ3n) is 4.88. The number of rotatable bonds is 6. The van der Waals surface area contributed by atoms with E-state index in [2.05, 4.69) is 19.0 Å². The molecule has 1 fully saturated rings. The van der Waals surface area contributed by atoms with E-state index in [9.17, 15) is 9.59 Å². The van der Waals surface area contributed by atoms with Crippen LogP contribution in [0.15, 0.2) is 48.5 Å². The highest BCUT2D eigenvalue weighted by atomic mass is 16.5. The molecular weight excluding hydrogens is 342 g/mol. The van der Waals surface area contributed by atoms with Crippen molar-refractivity contribution in [2.24, 2.45) is 5.73 Å². The molecular formula is C21H25N3O3. The van der Waals surface area contributed by atoms with Gasteiger partial charge in [0, 0.05) is 24.7 Å². The van der Waals surface area contributed by atoms with Crippen molar-refractivity contribution in [3.8, 4) is 16.9 Å². The van der Waals surface area contributed by atoms with Crippen molar-refractivity contribution in [1.29, 1.82) is 0 Å². The Morgan fingerprint density at radius 1 is 1.07 bits per heavy atom. The number of nitrogens with two attached hydrogens (primary N) is 1. The molecule has 142 valence electrons. The monoisotopic (exact) mass is 367 g/mol. The predicted molar refractivity (Wildman–Crippen MR) is 105 cm³/mol.